The normalized spacial score (nSPS) is 22.9. The van der Waals surface area contributed by atoms with E-state index in [2.05, 4.69) is 20.5 Å². The lowest BCUT2D eigenvalue weighted by molar-refractivity contribution is 0.0655. The van der Waals surface area contributed by atoms with E-state index in [1.165, 1.54) is 0 Å². The number of H-pyrrole nitrogens is 1. The minimum atomic E-state index is -1.38. The topological polar surface area (TPSA) is 75.6 Å². The van der Waals surface area contributed by atoms with Crippen LogP contribution < -0.4 is 5.32 Å². The van der Waals surface area contributed by atoms with E-state index >= 15 is 0 Å². The van der Waals surface area contributed by atoms with Gasteiger partial charge in [-0.05, 0) is 38.8 Å². The largest absolute Gasteiger partial charge is 0.345 e. The maximum atomic E-state index is 14.7. The second-order valence-electron chi connectivity index (χ2n) is 7.63. The van der Waals surface area contributed by atoms with Gasteiger partial charge in [-0.25, -0.2) is 9.37 Å². The van der Waals surface area contributed by atoms with Gasteiger partial charge in [0.1, 0.15) is 11.5 Å². The summed E-state index contributed by atoms with van der Waals surface area (Å²) in [4.78, 5) is 17.1. The zero-order valence-electron chi connectivity index (χ0n) is 15.8. The van der Waals surface area contributed by atoms with Crippen LogP contribution in [0.3, 0.4) is 0 Å². The van der Waals surface area contributed by atoms with Crippen molar-refractivity contribution in [1.82, 2.24) is 25.1 Å². The molecule has 0 aliphatic heterocycles. The number of benzene rings is 1. The number of carbonyl (C=O) groups excluding carboxylic acids is 1. The first-order valence-corrected chi connectivity index (χ1v) is 9.33. The smallest absolute Gasteiger partial charge is 0.272 e. The third-order valence-electron chi connectivity index (χ3n) is 5.73. The molecule has 1 saturated carbocycles. The lowest BCUT2D eigenvalue weighted by Gasteiger charge is -2.35. The Bertz CT molecular complexity index is 1000. The zero-order valence-corrected chi connectivity index (χ0v) is 15.8. The van der Waals surface area contributed by atoms with Crippen molar-refractivity contribution >= 4 is 16.8 Å². The molecule has 0 spiro atoms. The molecule has 0 bridgehead atoms. The van der Waals surface area contributed by atoms with E-state index in [4.69, 9.17) is 0 Å². The number of nitrogens with zero attached hydrogens (tertiary/aromatic N) is 3. The average molecular weight is 369 g/mol. The number of imidazole rings is 1. The van der Waals surface area contributed by atoms with Crippen molar-refractivity contribution in [3.05, 3.63) is 35.9 Å². The average Bonchev–Trinajstić information content (AvgIpc) is 3.20. The van der Waals surface area contributed by atoms with Gasteiger partial charge in [0, 0.05) is 18.0 Å². The van der Waals surface area contributed by atoms with Gasteiger partial charge in [-0.2, -0.15) is 5.10 Å². The highest BCUT2D eigenvalue weighted by Crippen LogP contribution is 2.32. The van der Waals surface area contributed by atoms with Gasteiger partial charge in [0.25, 0.3) is 5.91 Å². The molecule has 1 aliphatic carbocycles. The van der Waals surface area contributed by atoms with Gasteiger partial charge in [-0.3, -0.25) is 9.89 Å². The number of halogens is 1. The Labute approximate surface area is 157 Å². The molecule has 1 amide bonds. The van der Waals surface area contributed by atoms with E-state index < -0.39 is 11.7 Å². The van der Waals surface area contributed by atoms with Crippen LogP contribution in [0.1, 0.15) is 48.9 Å². The van der Waals surface area contributed by atoms with Crippen molar-refractivity contribution in [2.45, 2.75) is 51.2 Å². The van der Waals surface area contributed by atoms with E-state index in [-0.39, 0.29) is 5.91 Å². The Kier molecular flexibility index (Phi) is 4.25. The molecule has 2 heterocycles. The molecule has 2 atom stereocenters. The Hall–Kier alpha value is -2.70. The van der Waals surface area contributed by atoms with Crippen molar-refractivity contribution in [3.63, 3.8) is 0 Å². The zero-order chi connectivity index (χ0) is 19.2. The summed E-state index contributed by atoms with van der Waals surface area (Å²) in [6.07, 6.45) is 4.73. The fraction of sp³-hybridized carbons (Fsp3) is 0.450. The third kappa shape index (κ3) is 3.11. The number of aromatic amines is 1. The summed E-state index contributed by atoms with van der Waals surface area (Å²) in [6.45, 7) is 3.51. The number of amides is 1. The molecule has 7 heteroatoms. The Morgan fingerprint density at radius 1 is 1.41 bits per heavy atom. The van der Waals surface area contributed by atoms with Crippen molar-refractivity contribution in [1.29, 1.82) is 0 Å². The molecule has 142 valence electrons. The van der Waals surface area contributed by atoms with Gasteiger partial charge in [0.2, 0.25) is 0 Å². The summed E-state index contributed by atoms with van der Waals surface area (Å²) in [5.74, 6) is 0.574. The van der Waals surface area contributed by atoms with Crippen LogP contribution in [0.2, 0.25) is 0 Å². The molecule has 1 aliphatic rings. The van der Waals surface area contributed by atoms with E-state index in [1.54, 1.807) is 6.92 Å². The van der Waals surface area contributed by atoms with Gasteiger partial charge >= 0.3 is 0 Å². The van der Waals surface area contributed by atoms with Gasteiger partial charge in [0.15, 0.2) is 5.69 Å². The lowest BCUT2D eigenvalue weighted by Crippen LogP contribution is -2.50. The molecule has 4 rings (SSSR count). The van der Waals surface area contributed by atoms with E-state index in [0.29, 0.717) is 18.5 Å². The summed E-state index contributed by atoms with van der Waals surface area (Å²) < 4.78 is 16.7. The highest BCUT2D eigenvalue weighted by atomic mass is 19.1. The van der Waals surface area contributed by atoms with Crippen LogP contribution in [-0.2, 0) is 7.05 Å². The molecule has 27 heavy (non-hydrogen) atoms. The Balaban J connectivity index is 1.67. The summed E-state index contributed by atoms with van der Waals surface area (Å²) in [6, 6.07) is 5.32. The summed E-state index contributed by atoms with van der Waals surface area (Å²) in [5, 5.41) is 10.7. The first-order valence-electron chi connectivity index (χ1n) is 9.33. The molecule has 1 fully saturated rings. The molecule has 1 unspecified atom stereocenters. The fourth-order valence-electron chi connectivity index (χ4n) is 3.86. The van der Waals surface area contributed by atoms with Crippen LogP contribution in [0.25, 0.3) is 22.2 Å². The molecular weight excluding hydrogens is 345 g/mol. The van der Waals surface area contributed by atoms with Crippen LogP contribution in [0.4, 0.5) is 4.39 Å². The maximum absolute atomic E-state index is 14.7. The standard InChI is InChI=1S/C20H24FN5O/c1-12-22-11-16(26(12)3)13-7-8-15-14(10-13)18(25-24-15)19(27)23-17-6-4-5-9-20(17,2)21/h7-8,10-11,17H,4-6,9H2,1-3H3,(H,23,27)(H,24,25)/t17-,20?/m1/s1. The highest BCUT2D eigenvalue weighted by Gasteiger charge is 2.38. The third-order valence-corrected chi connectivity index (χ3v) is 5.73. The number of alkyl halides is 1. The highest BCUT2D eigenvalue weighted by molar-refractivity contribution is 6.05. The number of carbonyl (C=O) groups is 1. The van der Waals surface area contributed by atoms with Crippen LogP contribution in [0.15, 0.2) is 24.4 Å². The van der Waals surface area contributed by atoms with Gasteiger partial charge in [0.05, 0.1) is 23.4 Å². The number of rotatable bonds is 3. The van der Waals surface area contributed by atoms with Crippen molar-refractivity contribution in [3.8, 4) is 11.3 Å². The van der Waals surface area contributed by atoms with Gasteiger partial charge in [-0.15, -0.1) is 0 Å². The predicted molar refractivity (Wildman–Crippen MR) is 102 cm³/mol. The lowest BCUT2D eigenvalue weighted by atomic mass is 9.83. The number of fused-ring (bicyclic) bond motifs is 1. The monoisotopic (exact) mass is 369 g/mol. The summed E-state index contributed by atoms with van der Waals surface area (Å²) in [5.41, 5.74) is 1.61. The van der Waals surface area contributed by atoms with E-state index in [0.717, 1.165) is 40.8 Å². The number of aryl methyl sites for hydroxylation is 1. The molecule has 0 saturated heterocycles. The van der Waals surface area contributed by atoms with Crippen LogP contribution in [0, 0.1) is 6.92 Å². The second-order valence-corrected chi connectivity index (χ2v) is 7.63. The van der Waals surface area contributed by atoms with Crippen LogP contribution >= 0.6 is 0 Å². The number of aromatic nitrogens is 4. The van der Waals surface area contributed by atoms with E-state index in [1.807, 2.05) is 42.9 Å². The maximum Gasteiger partial charge on any atom is 0.272 e. The molecule has 3 aromatic rings. The fourth-order valence-corrected chi connectivity index (χ4v) is 3.86. The van der Waals surface area contributed by atoms with Crippen LogP contribution in [-0.4, -0.2) is 37.4 Å². The molecule has 6 nitrogen and oxygen atoms in total. The minimum absolute atomic E-state index is 0.298. The molecule has 2 aromatic heterocycles. The summed E-state index contributed by atoms with van der Waals surface area (Å²) in [7, 11) is 1.95. The van der Waals surface area contributed by atoms with Crippen molar-refractivity contribution in [2.75, 3.05) is 0 Å². The van der Waals surface area contributed by atoms with Gasteiger partial charge < -0.3 is 9.88 Å². The number of nitrogens with one attached hydrogen (secondary N) is 2. The Morgan fingerprint density at radius 3 is 2.93 bits per heavy atom. The first kappa shape index (κ1) is 17.7. The van der Waals surface area contributed by atoms with Crippen LogP contribution in [0.5, 0.6) is 0 Å². The second kappa shape index (κ2) is 6.48. The minimum Gasteiger partial charge on any atom is -0.345 e. The van der Waals surface area contributed by atoms with E-state index in [9.17, 15) is 9.18 Å². The number of hydrogen-bond acceptors (Lipinski definition) is 3. The predicted octanol–water partition coefficient (Wildman–Crippen LogP) is 3.67. The van der Waals surface area contributed by atoms with Gasteiger partial charge in [-0.1, -0.05) is 18.9 Å². The molecule has 1 aromatic carbocycles. The molecular formula is C20H24FN5O. The summed E-state index contributed by atoms with van der Waals surface area (Å²) >= 11 is 0. The molecule has 0 radical (unpaired) electrons. The SMILES string of the molecule is Cc1ncc(-c2ccc3[nH]nc(C(=O)N[C@@H]4CCCCC4(C)F)c3c2)n1C. The first-order chi connectivity index (χ1) is 12.9. The van der Waals surface area contributed by atoms with Crippen molar-refractivity contribution < 1.29 is 9.18 Å². The quantitative estimate of drug-likeness (QED) is 0.740. The molecule has 2 N–H and O–H groups in total. The Morgan fingerprint density at radius 2 is 2.22 bits per heavy atom. The van der Waals surface area contributed by atoms with Crippen molar-refractivity contribution in [2.24, 2.45) is 7.05 Å². The number of hydrogen-bond donors (Lipinski definition) is 2.